The van der Waals surface area contributed by atoms with Gasteiger partial charge in [0.25, 0.3) is 0 Å². The maximum Gasteiger partial charge on any atom is 0.171 e. The molecular formula is C18H22N2O4S. The van der Waals surface area contributed by atoms with Crippen LogP contribution in [0.25, 0.3) is 0 Å². The third-order valence-corrected chi connectivity index (χ3v) is 3.77. The first-order valence-corrected chi connectivity index (χ1v) is 7.99. The fourth-order valence-electron chi connectivity index (χ4n) is 2.22. The maximum atomic E-state index is 5.35. The highest BCUT2D eigenvalue weighted by Crippen LogP contribution is 2.29. The van der Waals surface area contributed by atoms with Crippen molar-refractivity contribution in [2.75, 3.05) is 33.8 Å². The van der Waals surface area contributed by atoms with Crippen LogP contribution in [0.4, 0.5) is 5.69 Å². The average molecular weight is 362 g/mol. The molecule has 0 aliphatic heterocycles. The summed E-state index contributed by atoms with van der Waals surface area (Å²) in [5.74, 6) is 2.81. The minimum Gasteiger partial charge on any atom is -0.497 e. The minimum absolute atomic E-state index is 0.477. The van der Waals surface area contributed by atoms with Gasteiger partial charge in [0, 0.05) is 18.7 Å². The van der Waals surface area contributed by atoms with Crippen molar-refractivity contribution in [2.24, 2.45) is 0 Å². The second-order valence-corrected chi connectivity index (χ2v) is 5.50. The van der Waals surface area contributed by atoms with Crippen LogP contribution < -0.4 is 29.6 Å². The van der Waals surface area contributed by atoms with Gasteiger partial charge in [0.15, 0.2) is 5.11 Å². The summed E-state index contributed by atoms with van der Waals surface area (Å²) >= 11 is 5.35. The molecule has 2 N–H and O–H groups in total. The molecule has 6 nitrogen and oxygen atoms in total. The smallest absolute Gasteiger partial charge is 0.171 e. The van der Waals surface area contributed by atoms with E-state index in [4.69, 9.17) is 31.2 Å². The zero-order chi connectivity index (χ0) is 18.2. The van der Waals surface area contributed by atoms with Gasteiger partial charge in [0.2, 0.25) is 0 Å². The molecule has 0 atom stereocenters. The number of anilines is 1. The van der Waals surface area contributed by atoms with E-state index in [1.807, 2.05) is 30.3 Å². The molecule has 0 bridgehead atoms. The van der Waals surface area contributed by atoms with Gasteiger partial charge < -0.3 is 29.6 Å². The number of hydrogen-bond donors (Lipinski definition) is 2. The van der Waals surface area contributed by atoms with Gasteiger partial charge in [-0.3, -0.25) is 0 Å². The fourth-order valence-corrected chi connectivity index (χ4v) is 2.40. The van der Waals surface area contributed by atoms with Gasteiger partial charge in [-0.05, 0) is 42.0 Å². The molecule has 0 aliphatic rings. The van der Waals surface area contributed by atoms with Crippen molar-refractivity contribution in [3.05, 3.63) is 42.0 Å². The molecule has 2 aromatic rings. The van der Waals surface area contributed by atoms with Gasteiger partial charge >= 0.3 is 0 Å². The molecule has 2 aromatic carbocycles. The monoisotopic (exact) mass is 362 g/mol. The normalized spacial score (nSPS) is 9.92. The lowest BCUT2D eigenvalue weighted by molar-refractivity contribution is 0.393. The van der Waals surface area contributed by atoms with E-state index in [9.17, 15) is 0 Å². The highest BCUT2D eigenvalue weighted by Gasteiger charge is 2.07. The van der Waals surface area contributed by atoms with Gasteiger partial charge in [-0.25, -0.2) is 0 Å². The Labute approximate surface area is 153 Å². The third-order valence-electron chi connectivity index (χ3n) is 3.52. The number of nitrogens with one attached hydrogen (secondary N) is 2. The van der Waals surface area contributed by atoms with E-state index in [1.165, 1.54) is 0 Å². The minimum atomic E-state index is 0.477. The average Bonchev–Trinajstić information content (AvgIpc) is 2.66. The van der Waals surface area contributed by atoms with Crippen LogP contribution in [0, 0.1) is 0 Å². The summed E-state index contributed by atoms with van der Waals surface area (Å²) in [6.07, 6.45) is 0. The number of rotatable bonds is 7. The largest absolute Gasteiger partial charge is 0.497 e. The molecule has 7 heteroatoms. The van der Waals surface area contributed by atoms with E-state index in [0.717, 1.165) is 22.7 Å². The van der Waals surface area contributed by atoms with E-state index in [2.05, 4.69) is 10.6 Å². The lowest BCUT2D eigenvalue weighted by Crippen LogP contribution is -2.28. The maximum absolute atomic E-state index is 5.35. The van der Waals surface area contributed by atoms with Crippen molar-refractivity contribution < 1.29 is 18.9 Å². The van der Waals surface area contributed by atoms with Crippen LogP contribution in [0.5, 0.6) is 23.0 Å². The van der Waals surface area contributed by atoms with E-state index in [0.29, 0.717) is 23.2 Å². The fraction of sp³-hybridized carbons (Fsp3) is 0.278. The van der Waals surface area contributed by atoms with E-state index >= 15 is 0 Å². The Kier molecular flexibility index (Phi) is 6.71. The summed E-state index contributed by atoms with van der Waals surface area (Å²) in [7, 11) is 6.44. The summed E-state index contributed by atoms with van der Waals surface area (Å²) in [6, 6.07) is 11.1. The van der Waals surface area contributed by atoms with Gasteiger partial charge in [0.1, 0.15) is 23.0 Å². The zero-order valence-electron chi connectivity index (χ0n) is 14.7. The van der Waals surface area contributed by atoms with E-state index in [-0.39, 0.29) is 0 Å². The number of thiocarbonyl (C=S) groups is 1. The van der Waals surface area contributed by atoms with Crippen LogP contribution in [0.3, 0.4) is 0 Å². The second kappa shape index (κ2) is 8.98. The number of ether oxygens (including phenoxy) is 4. The predicted molar refractivity (Wildman–Crippen MR) is 102 cm³/mol. The lowest BCUT2D eigenvalue weighted by Gasteiger charge is -2.15. The Hall–Kier alpha value is -2.67. The van der Waals surface area contributed by atoms with Gasteiger partial charge in [-0.15, -0.1) is 0 Å². The van der Waals surface area contributed by atoms with Gasteiger partial charge in [-0.2, -0.15) is 0 Å². The molecule has 134 valence electrons. The first-order valence-electron chi connectivity index (χ1n) is 7.58. The summed E-state index contributed by atoms with van der Waals surface area (Å²) in [4.78, 5) is 0. The van der Waals surface area contributed by atoms with Crippen molar-refractivity contribution in [1.82, 2.24) is 5.32 Å². The van der Waals surface area contributed by atoms with Gasteiger partial charge in [0.05, 0.1) is 34.1 Å². The molecule has 0 unspecified atom stereocenters. The Morgan fingerprint density at radius 1 is 0.840 bits per heavy atom. The van der Waals surface area contributed by atoms with Crippen molar-refractivity contribution in [2.45, 2.75) is 6.54 Å². The standard InChI is InChI=1S/C18H22N2O4S/c1-21-13-5-6-16(17(10-13)24-4)20-18(25)19-11-12-7-14(22-2)9-15(8-12)23-3/h5-10H,11H2,1-4H3,(H2,19,20,25). The molecule has 0 heterocycles. The molecule has 0 aromatic heterocycles. The van der Waals surface area contributed by atoms with Crippen molar-refractivity contribution in [3.8, 4) is 23.0 Å². The van der Waals surface area contributed by atoms with Gasteiger partial charge in [-0.1, -0.05) is 0 Å². The Balaban J connectivity index is 2.01. The molecule has 0 fully saturated rings. The van der Waals surface area contributed by atoms with Crippen molar-refractivity contribution in [1.29, 1.82) is 0 Å². The zero-order valence-corrected chi connectivity index (χ0v) is 15.5. The third kappa shape index (κ3) is 5.15. The number of methoxy groups -OCH3 is 4. The highest BCUT2D eigenvalue weighted by atomic mass is 32.1. The SMILES string of the molecule is COc1cc(CNC(=S)Nc2ccc(OC)cc2OC)cc(OC)c1. The van der Waals surface area contributed by atoms with Crippen LogP contribution >= 0.6 is 12.2 Å². The Morgan fingerprint density at radius 3 is 2.04 bits per heavy atom. The first-order chi connectivity index (χ1) is 12.1. The second-order valence-electron chi connectivity index (χ2n) is 5.09. The summed E-state index contributed by atoms with van der Waals surface area (Å²) in [6.45, 7) is 0.526. The first kappa shape index (κ1) is 18.7. The van der Waals surface area contributed by atoms with E-state index < -0.39 is 0 Å². The van der Waals surface area contributed by atoms with Crippen LogP contribution in [0.2, 0.25) is 0 Å². The van der Waals surface area contributed by atoms with E-state index in [1.54, 1.807) is 34.5 Å². The van der Waals surface area contributed by atoms with Crippen LogP contribution in [0.15, 0.2) is 36.4 Å². The summed E-state index contributed by atoms with van der Waals surface area (Å²) in [5.41, 5.74) is 1.74. The van der Waals surface area contributed by atoms with Crippen LogP contribution in [-0.2, 0) is 6.54 Å². The molecular weight excluding hydrogens is 340 g/mol. The number of hydrogen-bond acceptors (Lipinski definition) is 5. The summed E-state index contributed by atoms with van der Waals surface area (Å²) < 4.78 is 21.1. The van der Waals surface area contributed by atoms with Crippen molar-refractivity contribution in [3.63, 3.8) is 0 Å². The topological polar surface area (TPSA) is 61.0 Å². The van der Waals surface area contributed by atoms with Crippen molar-refractivity contribution >= 4 is 23.0 Å². The number of benzene rings is 2. The Morgan fingerprint density at radius 2 is 1.48 bits per heavy atom. The molecule has 0 radical (unpaired) electrons. The molecule has 0 aliphatic carbocycles. The molecule has 25 heavy (non-hydrogen) atoms. The predicted octanol–water partition coefficient (Wildman–Crippen LogP) is 3.21. The Bertz CT molecular complexity index is 715. The summed E-state index contributed by atoms with van der Waals surface area (Å²) in [5, 5.41) is 6.75. The quantitative estimate of drug-likeness (QED) is 0.734. The molecule has 0 saturated carbocycles. The lowest BCUT2D eigenvalue weighted by atomic mass is 10.2. The molecule has 2 rings (SSSR count). The molecule has 0 saturated heterocycles. The van der Waals surface area contributed by atoms with Crippen LogP contribution in [0.1, 0.15) is 5.56 Å². The molecule has 0 amide bonds. The highest BCUT2D eigenvalue weighted by molar-refractivity contribution is 7.80. The van der Waals surface area contributed by atoms with Crippen LogP contribution in [-0.4, -0.2) is 33.6 Å². The molecule has 0 spiro atoms.